The van der Waals surface area contributed by atoms with Gasteiger partial charge in [-0.05, 0) is 38.9 Å². The van der Waals surface area contributed by atoms with Crippen molar-refractivity contribution in [2.45, 2.75) is 39.3 Å². The quantitative estimate of drug-likeness (QED) is 0.407. The Morgan fingerprint density at radius 3 is 2.96 bits per heavy atom. The third-order valence-corrected chi connectivity index (χ3v) is 4.86. The van der Waals surface area contributed by atoms with Gasteiger partial charge in [0.2, 0.25) is 0 Å². The molecule has 3 rings (SSSR count). The molecule has 1 fully saturated rings. The molecule has 2 aliphatic rings. The molecular weight excluding hydrogens is 344 g/mol. The van der Waals surface area contributed by atoms with Gasteiger partial charge in [0.15, 0.2) is 5.96 Å². The van der Waals surface area contributed by atoms with Crippen LogP contribution in [0.15, 0.2) is 17.1 Å². The third kappa shape index (κ3) is 5.74. The number of nitrogens with one attached hydrogen (secondary N) is 1. The van der Waals surface area contributed by atoms with Crippen LogP contribution in [0.3, 0.4) is 0 Å². The average Bonchev–Trinajstić information content (AvgIpc) is 3.03. The lowest BCUT2D eigenvalue weighted by Gasteiger charge is -2.26. The highest BCUT2D eigenvalue weighted by Crippen LogP contribution is 2.35. The number of morpholine rings is 1. The van der Waals surface area contributed by atoms with Crippen molar-refractivity contribution in [3.63, 3.8) is 0 Å². The Balaban J connectivity index is 1.49. The van der Waals surface area contributed by atoms with Gasteiger partial charge in [0.1, 0.15) is 17.6 Å². The minimum absolute atomic E-state index is 0.214. The van der Waals surface area contributed by atoms with Crippen molar-refractivity contribution in [3.05, 3.63) is 23.3 Å². The molecule has 0 aliphatic carbocycles. The number of aliphatic imine (C=N–C) groups is 1. The van der Waals surface area contributed by atoms with E-state index in [-0.39, 0.29) is 6.10 Å². The molecule has 1 aromatic carbocycles. The summed E-state index contributed by atoms with van der Waals surface area (Å²) in [7, 11) is 0. The van der Waals surface area contributed by atoms with Gasteiger partial charge in [-0.15, -0.1) is 0 Å². The van der Waals surface area contributed by atoms with E-state index in [0.29, 0.717) is 19.1 Å². The van der Waals surface area contributed by atoms with E-state index >= 15 is 0 Å². The molecule has 1 unspecified atom stereocenters. The van der Waals surface area contributed by atoms with Crippen LogP contribution in [0.1, 0.15) is 31.4 Å². The van der Waals surface area contributed by atoms with Crippen molar-refractivity contribution in [3.8, 4) is 11.5 Å². The average molecular weight is 377 g/mol. The minimum Gasteiger partial charge on any atom is -0.494 e. The van der Waals surface area contributed by atoms with E-state index < -0.39 is 0 Å². The summed E-state index contributed by atoms with van der Waals surface area (Å²) >= 11 is 0. The van der Waals surface area contributed by atoms with Gasteiger partial charge in [-0.3, -0.25) is 4.90 Å². The Morgan fingerprint density at radius 1 is 1.37 bits per heavy atom. The highest BCUT2D eigenvalue weighted by Gasteiger charge is 2.21. The maximum absolute atomic E-state index is 6.03. The molecule has 0 amide bonds. The van der Waals surface area contributed by atoms with Crippen molar-refractivity contribution < 1.29 is 14.2 Å². The summed E-state index contributed by atoms with van der Waals surface area (Å²) < 4.78 is 17.0. The maximum atomic E-state index is 6.03. The first kappa shape index (κ1) is 19.8. The normalized spacial score (nSPS) is 20.2. The Kier molecular flexibility index (Phi) is 7.18. The molecule has 27 heavy (non-hydrogen) atoms. The first-order valence-electron chi connectivity index (χ1n) is 9.95. The van der Waals surface area contributed by atoms with Crippen LogP contribution in [-0.2, 0) is 17.7 Å². The highest BCUT2D eigenvalue weighted by molar-refractivity contribution is 5.77. The number of benzene rings is 1. The van der Waals surface area contributed by atoms with Crippen LogP contribution in [0.2, 0.25) is 0 Å². The minimum atomic E-state index is 0.214. The smallest absolute Gasteiger partial charge is 0.188 e. The Morgan fingerprint density at radius 2 is 2.19 bits per heavy atom. The van der Waals surface area contributed by atoms with E-state index in [4.69, 9.17) is 19.9 Å². The second-order valence-electron chi connectivity index (χ2n) is 7.07. The summed E-state index contributed by atoms with van der Waals surface area (Å²) in [6.45, 7) is 10.7. The molecule has 1 atom stereocenters. The number of fused-ring (bicyclic) bond motifs is 1. The predicted octanol–water partition coefficient (Wildman–Crippen LogP) is 1.54. The summed E-state index contributed by atoms with van der Waals surface area (Å²) in [4.78, 5) is 6.90. The standard InChI is InChI=1S/C20H32N4O3/c1-3-26-18-12-16-11-15(2)27-19(16)13-17(18)14-23-20(21)22-5-4-6-24-7-9-25-10-8-24/h12-13,15H,3-11,14H2,1-2H3,(H3,21,22,23). The number of ether oxygens (including phenoxy) is 3. The maximum Gasteiger partial charge on any atom is 0.188 e. The van der Waals surface area contributed by atoms with Gasteiger partial charge in [-0.1, -0.05) is 0 Å². The largest absolute Gasteiger partial charge is 0.494 e. The summed E-state index contributed by atoms with van der Waals surface area (Å²) in [6, 6.07) is 4.12. The van der Waals surface area contributed by atoms with Crippen LogP contribution in [-0.4, -0.2) is 63.0 Å². The van der Waals surface area contributed by atoms with E-state index in [1.165, 1.54) is 5.56 Å². The van der Waals surface area contributed by atoms with Crippen LogP contribution in [0.5, 0.6) is 11.5 Å². The fraction of sp³-hybridized carbons (Fsp3) is 0.650. The topological polar surface area (TPSA) is 81.3 Å². The van der Waals surface area contributed by atoms with Crippen molar-refractivity contribution in [1.82, 2.24) is 10.2 Å². The van der Waals surface area contributed by atoms with Gasteiger partial charge in [-0.2, -0.15) is 0 Å². The van der Waals surface area contributed by atoms with E-state index in [0.717, 1.165) is 69.3 Å². The van der Waals surface area contributed by atoms with Gasteiger partial charge in [-0.25, -0.2) is 4.99 Å². The lowest BCUT2D eigenvalue weighted by molar-refractivity contribution is 0.0376. The van der Waals surface area contributed by atoms with E-state index in [1.807, 2.05) is 13.0 Å². The molecule has 2 heterocycles. The molecule has 150 valence electrons. The monoisotopic (exact) mass is 376 g/mol. The molecule has 1 aromatic rings. The zero-order chi connectivity index (χ0) is 19.1. The van der Waals surface area contributed by atoms with Crippen LogP contribution < -0.4 is 20.5 Å². The SMILES string of the molecule is CCOc1cc2c(cc1CN=C(N)NCCCN1CCOCC1)OC(C)C2. The predicted molar refractivity (Wildman–Crippen MR) is 107 cm³/mol. The number of nitrogens with zero attached hydrogens (tertiary/aromatic N) is 2. The molecule has 7 nitrogen and oxygen atoms in total. The lowest BCUT2D eigenvalue weighted by Crippen LogP contribution is -2.39. The van der Waals surface area contributed by atoms with Gasteiger partial charge < -0.3 is 25.3 Å². The zero-order valence-corrected chi connectivity index (χ0v) is 16.5. The van der Waals surface area contributed by atoms with Crippen molar-refractivity contribution >= 4 is 5.96 Å². The first-order chi connectivity index (χ1) is 13.2. The molecule has 0 spiro atoms. The number of hydrogen-bond acceptors (Lipinski definition) is 5. The first-order valence-corrected chi connectivity index (χ1v) is 9.95. The number of nitrogens with two attached hydrogens (primary N) is 1. The second-order valence-corrected chi connectivity index (χ2v) is 7.07. The molecule has 0 aromatic heterocycles. The van der Waals surface area contributed by atoms with Crippen LogP contribution in [0.4, 0.5) is 0 Å². The van der Waals surface area contributed by atoms with Gasteiger partial charge in [0.05, 0.1) is 26.4 Å². The highest BCUT2D eigenvalue weighted by atomic mass is 16.5. The van der Waals surface area contributed by atoms with Crippen LogP contribution in [0.25, 0.3) is 0 Å². The van der Waals surface area contributed by atoms with Crippen LogP contribution >= 0.6 is 0 Å². The molecule has 0 saturated carbocycles. The van der Waals surface area contributed by atoms with E-state index in [1.54, 1.807) is 0 Å². The summed E-state index contributed by atoms with van der Waals surface area (Å²) in [5.74, 6) is 2.28. The van der Waals surface area contributed by atoms with Gasteiger partial charge in [0.25, 0.3) is 0 Å². The van der Waals surface area contributed by atoms with E-state index in [2.05, 4.69) is 28.2 Å². The van der Waals surface area contributed by atoms with Crippen LogP contribution in [0, 0.1) is 0 Å². The summed E-state index contributed by atoms with van der Waals surface area (Å²) in [5, 5.41) is 3.20. The number of rotatable bonds is 8. The number of hydrogen-bond donors (Lipinski definition) is 2. The molecule has 1 saturated heterocycles. The molecule has 2 aliphatic heterocycles. The fourth-order valence-electron chi connectivity index (χ4n) is 3.47. The summed E-state index contributed by atoms with van der Waals surface area (Å²) in [5.41, 5.74) is 8.24. The molecule has 3 N–H and O–H groups in total. The number of guanidine groups is 1. The Labute approximate surface area is 161 Å². The van der Waals surface area contributed by atoms with Crippen molar-refractivity contribution in [1.29, 1.82) is 0 Å². The fourth-order valence-corrected chi connectivity index (χ4v) is 3.47. The molecule has 0 radical (unpaired) electrons. The second kappa shape index (κ2) is 9.80. The molecule has 0 bridgehead atoms. The Bertz CT molecular complexity index is 644. The van der Waals surface area contributed by atoms with Gasteiger partial charge >= 0.3 is 0 Å². The lowest BCUT2D eigenvalue weighted by atomic mass is 10.1. The molecule has 7 heteroatoms. The van der Waals surface area contributed by atoms with Crippen molar-refractivity contribution in [2.24, 2.45) is 10.7 Å². The Hall–Kier alpha value is -1.99. The zero-order valence-electron chi connectivity index (χ0n) is 16.5. The molecular formula is C20H32N4O3. The van der Waals surface area contributed by atoms with Gasteiger partial charge in [0, 0.05) is 37.2 Å². The summed E-state index contributed by atoms with van der Waals surface area (Å²) in [6.07, 6.45) is 2.17. The van der Waals surface area contributed by atoms with E-state index in [9.17, 15) is 0 Å². The van der Waals surface area contributed by atoms with Crippen molar-refractivity contribution in [2.75, 3.05) is 46.0 Å². The third-order valence-electron chi connectivity index (χ3n) is 4.86.